The van der Waals surface area contributed by atoms with Crippen LogP contribution in [0.1, 0.15) is 78.1 Å². The molecule has 2 saturated carbocycles. The highest BCUT2D eigenvalue weighted by Gasteiger charge is 2.38. The predicted octanol–water partition coefficient (Wildman–Crippen LogP) is 6.65. The van der Waals surface area contributed by atoms with Crippen LogP contribution in [0.5, 0.6) is 0 Å². The lowest BCUT2D eigenvalue weighted by Crippen LogP contribution is -2.35. The van der Waals surface area contributed by atoms with E-state index in [1.807, 2.05) is 0 Å². The molecule has 2 heteroatoms. The van der Waals surface area contributed by atoms with Crippen molar-refractivity contribution < 1.29 is 8.78 Å². The molecule has 3 aliphatic carbocycles. The van der Waals surface area contributed by atoms with Crippen molar-refractivity contribution in [2.45, 2.75) is 90.4 Å². The summed E-state index contributed by atoms with van der Waals surface area (Å²) in [5, 5.41) is 0. The quantitative estimate of drug-likeness (QED) is 0.510. The summed E-state index contributed by atoms with van der Waals surface area (Å²) in [5.41, 5.74) is 1.45. The van der Waals surface area contributed by atoms with Crippen LogP contribution < -0.4 is 0 Å². The van der Waals surface area contributed by atoms with E-state index in [2.05, 4.69) is 19.9 Å². The number of hydrogen-bond acceptors (Lipinski definition) is 0. The van der Waals surface area contributed by atoms with E-state index in [-0.39, 0.29) is 0 Å². The summed E-state index contributed by atoms with van der Waals surface area (Å²) >= 11 is 0. The first-order valence-corrected chi connectivity index (χ1v) is 10.1. The Hall–Kier alpha value is -0.400. The summed E-state index contributed by atoms with van der Waals surface area (Å²) < 4.78 is 27.3. The van der Waals surface area contributed by atoms with E-state index in [0.717, 1.165) is 24.2 Å². The van der Waals surface area contributed by atoms with Gasteiger partial charge in [-0.05, 0) is 74.5 Å². The van der Waals surface area contributed by atoms with Crippen LogP contribution in [0.3, 0.4) is 0 Å². The lowest BCUT2D eigenvalue weighted by atomic mass is 9.67. The second-order valence-electron chi connectivity index (χ2n) is 8.59. The van der Waals surface area contributed by atoms with Crippen molar-refractivity contribution in [1.29, 1.82) is 0 Å². The van der Waals surface area contributed by atoms with Crippen molar-refractivity contribution >= 4 is 0 Å². The van der Waals surface area contributed by atoms with E-state index in [4.69, 9.17) is 0 Å². The number of alkyl halides is 2. The van der Waals surface area contributed by atoms with Crippen LogP contribution in [-0.2, 0) is 0 Å². The van der Waals surface area contributed by atoms with Crippen LogP contribution in [0.2, 0.25) is 0 Å². The summed E-state index contributed by atoms with van der Waals surface area (Å²) in [5.74, 6) is 3.35. The Morgan fingerprint density at radius 3 is 2.26 bits per heavy atom. The molecule has 0 N–H and O–H groups in total. The van der Waals surface area contributed by atoms with Gasteiger partial charge in [0.15, 0.2) is 0 Å². The molecule has 0 aromatic rings. The third-order valence-electron chi connectivity index (χ3n) is 7.25. The molecule has 0 radical (unpaired) electrons. The van der Waals surface area contributed by atoms with Gasteiger partial charge in [-0.25, -0.2) is 8.78 Å². The maximum Gasteiger partial charge on any atom is 0.132 e. The molecule has 0 amide bonds. The highest BCUT2D eigenvalue weighted by Crippen LogP contribution is 2.45. The topological polar surface area (TPSA) is 0 Å². The zero-order valence-corrected chi connectivity index (χ0v) is 14.9. The molecule has 0 saturated heterocycles. The minimum absolute atomic E-state index is 0.300. The molecule has 0 aliphatic heterocycles. The lowest BCUT2D eigenvalue weighted by Gasteiger charge is -2.39. The Balaban J connectivity index is 1.54. The molecule has 5 atom stereocenters. The van der Waals surface area contributed by atoms with Gasteiger partial charge in [0.25, 0.3) is 0 Å². The summed E-state index contributed by atoms with van der Waals surface area (Å²) in [4.78, 5) is 0. The predicted molar refractivity (Wildman–Crippen MR) is 92.8 cm³/mol. The zero-order valence-electron chi connectivity index (χ0n) is 14.9. The van der Waals surface area contributed by atoms with Crippen molar-refractivity contribution in [3.8, 4) is 0 Å². The molecule has 0 nitrogen and oxygen atoms in total. The summed E-state index contributed by atoms with van der Waals surface area (Å²) in [6.07, 6.45) is 11.4. The maximum atomic E-state index is 13.8. The van der Waals surface area contributed by atoms with Gasteiger partial charge in [-0.2, -0.15) is 0 Å². The smallest absolute Gasteiger partial charge is 0.132 e. The Bertz CT molecular complexity index is 408. The Labute approximate surface area is 141 Å². The van der Waals surface area contributed by atoms with Crippen LogP contribution in [0, 0.1) is 29.6 Å². The van der Waals surface area contributed by atoms with Crippen LogP contribution >= 0.6 is 0 Å². The first-order chi connectivity index (χ1) is 11.1. The van der Waals surface area contributed by atoms with Crippen molar-refractivity contribution in [3.63, 3.8) is 0 Å². The largest absolute Gasteiger partial charge is 0.244 e. The minimum Gasteiger partial charge on any atom is -0.244 e. The van der Waals surface area contributed by atoms with Crippen LogP contribution in [0.25, 0.3) is 0 Å². The first-order valence-electron chi connectivity index (χ1n) is 10.1. The van der Waals surface area contributed by atoms with Crippen LogP contribution in [0.15, 0.2) is 11.6 Å². The zero-order chi connectivity index (χ0) is 16.4. The van der Waals surface area contributed by atoms with E-state index in [0.29, 0.717) is 24.7 Å². The van der Waals surface area contributed by atoms with E-state index in [1.54, 1.807) is 0 Å². The molecule has 2 fully saturated rings. The van der Waals surface area contributed by atoms with E-state index >= 15 is 0 Å². The van der Waals surface area contributed by atoms with E-state index in [9.17, 15) is 8.78 Å². The number of hydrogen-bond donors (Lipinski definition) is 0. The summed E-state index contributed by atoms with van der Waals surface area (Å²) in [6.45, 7) is 4.44. The fourth-order valence-corrected chi connectivity index (χ4v) is 5.51. The molecule has 0 heterocycles. The lowest BCUT2D eigenvalue weighted by molar-refractivity contribution is 0.0655. The fourth-order valence-electron chi connectivity index (χ4n) is 5.51. The molecule has 3 aliphatic rings. The van der Waals surface area contributed by atoms with Crippen molar-refractivity contribution in [1.82, 2.24) is 0 Å². The van der Waals surface area contributed by atoms with Gasteiger partial charge in [-0.1, -0.05) is 44.8 Å². The summed E-state index contributed by atoms with van der Waals surface area (Å²) in [6, 6.07) is 0. The van der Waals surface area contributed by atoms with Gasteiger partial charge in [0.1, 0.15) is 12.3 Å². The molecule has 0 aromatic heterocycles. The molecule has 3 rings (SSSR count). The van der Waals surface area contributed by atoms with E-state index in [1.165, 1.54) is 50.5 Å². The highest BCUT2D eigenvalue weighted by molar-refractivity contribution is 5.14. The SMILES string of the molecule is CCC1CCC(C2CC=C(C3CC(F)C(F)CC3C)CC2)CC1. The third-order valence-corrected chi connectivity index (χ3v) is 7.25. The molecule has 5 unspecified atom stereocenters. The average Bonchev–Trinajstić information content (AvgIpc) is 2.58. The van der Waals surface area contributed by atoms with Gasteiger partial charge in [-0.15, -0.1) is 0 Å². The second kappa shape index (κ2) is 7.66. The standard InChI is InChI=1S/C21H34F2/c1-3-15-4-6-16(7-5-15)17-8-10-18(11-9-17)19-13-21(23)20(22)12-14(19)2/h10,14-17,19-21H,3-9,11-13H2,1-2H3. The number of rotatable bonds is 3. The molecular formula is C21H34F2. The van der Waals surface area contributed by atoms with Crippen molar-refractivity contribution in [2.75, 3.05) is 0 Å². The third kappa shape index (κ3) is 3.99. The van der Waals surface area contributed by atoms with E-state index < -0.39 is 12.3 Å². The molecule has 0 aromatic carbocycles. The van der Waals surface area contributed by atoms with Gasteiger partial charge in [-0.3, -0.25) is 0 Å². The Morgan fingerprint density at radius 2 is 1.65 bits per heavy atom. The normalized spacial score (nSPS) is 45.6. The van der Waals surface area contributed by atoms with Gasteiger partial charge in [0.05, 0.1) is 0 Å². The van der Waals surface area contributed by atoms with Crippen molar-refractivity contribution in [2.24, 2.45) is 29.6 Å². The number of allylic oxidation sites excluding steroid dienone is 2. The Morgan fingerprint density at radius 1 is 0.957 bits per heavy atom. The first kappa shape index (κ1) is 17.4. The number of halogens is 2. The van der Waals surface area contributed by atoms with Crippen LogP contribution in [-0.4, -0.2) is 12.3 Å². The minimum atomic E-state index is -1.24. The maximum absolute atomic E-state index is 13.8. The van der Waals surface area contributed by atoms with Gasteiger partial charge in [0.2, 0.25) is 0 Å². The molecule has 0 spiro atoms. The average molecular weight is 324 g/mol. The van der Waals surface area contributed by atoms with Gasteiger partial charge < -0.3 is 0 Å². The Kier molecular flexibility index (Phi) is 5.80. The van der Waals surface area contributed by atoms with Crippen molar-refractivity contribution in [3.05, 3.63) is 11.6 Å². The molecule has 23 heavy (non-hydrogen) atoms. The van der Waals surface area contributed by atoms with Crippen LogP contribution in [0.4, 0.5) is 8.78 Å². The molecular weight excluding hydrogens is 290 g/mol. The fraction of sp³-hybridized carbons (Fsp3) is 0.905. The second-order valence-corrected chi connectivity index (χ2v) is 8.59. The highest BCUT2D eigenvalue weighted by atomic mass is 19.2. The van der Waals surface area contributed by atoms with Gasteiger partial charge >= 0.3 is 0 Å². The monoisotopic (exact) mass is 324 g/mol. The molecule has 0 bridgehead atoms. The van der Waals surface area contributed by atoms with Gasteiger partial charge in [0, 0.05) is 0 Å². The molecule has 132 valence electrons. The summed E-state index contributed by atoms with van der Waals surface area (Å²) in [7, 11) is 0.